The molecule has 2 atom stereocenters. The first-order valence-electron chi connectivity index (χ1n) is 4.06. The van der Waals surface area contributed by atoms with E-state index in [1.165, 1.54) is 11.5 Å². The van der Waals surface area contributed by atoms with E-state index in [-0.39, 0.29) is 0 Å². The van der Waals surface area contributed by atoms with Crippen molar-refractivity contribution in [2.45, 2.75) is 17.4 Å². The lowest BCUT2D eigenvalue weighted by Crippen LogP contribution is -2.16. The summed E-state index contributed by atoms with van der Waals surface area (Å²) in [5.74, 6) is 3.28. The smallest absolute Gasteiger partial charge is 0.314 e. The molecule has 1 aromatic heterocycles. The SMILES string of the molecule is CC1SCCSC1c1nc(=S)o[nH]1. The number of nitrogens with zero attached hydrogens (tertiary/aromatic N) is 1. The highest BCUT2D eigenvalue weighted by molar-refractivity contribution is 8.06. The largest absolute Gasteiger partial charge is 0.348 e. The second-order valence-corrected chi connectivity index (χ2v) is 5.92. The maximum atomic E-state index is 4.92. The third-order valence-corrected chi connectivity index (χ3v) is 5.19. The molecule has 13 heavy (non-hydrogen) atoms. The zero-order chi connectivity index (χ0) is 9.26. The van der Waals surface area contributed by atoms with E-state index in [0.717, 1.165) is 5.82 Å². The summed E-state index contributed by atoms with van der Waals surface area (Å²) < 4.78 is 4.92. The summed E-state index contributed by atoms with van der Waals surface area (Å²) in [6, 6.07) is 0. The van der Waals surface area contributed by atoms with Crippen LogP contribution >= 0.6 is 35.7 Å². The summed E-state index contributed by atoms with van der Waals surface area (Å²) >= 11 is 8.71. The molecule has 1 saturated heterocycles. The van der Waals surface area contributed by atoms with Gasteiger partial charge in [0.2, 0.25) is 0 Å². The fraction of sp³-hybridized carbons (Fsp3) is 0.714. The molecule has 1 fully saturated rings. The average molecular weight is 234 g/mol. The summed E-state index contributed by atoms with van der Waals surface area (Å²) in [6.45, 7) is 2.22. The molecule has 1 aliphatic heterocycles. The molecule has 0 spiro atoms. The molecule has 0 aromatic carbocycles. The number of thioether (sulfide) groups is 2. The topological polar surface area (TPSA) is 41.8 Å². The summed E-state index contributed by atoms with van der Waals surface area (Å²) in [4.78, 5) is 4.45. The van der Waals surface area contributed by atoms with Crippen molar-refractivity contribution < 1.29 is 4.52 Å². The van der Waals surface area contributed by atoms with Gasteiger partial charge in [-0.3, -0.25) is 0 Å². The van der Waals surface area contributed by atoms with Crippen molar-refractivity contribution in [1.29, 1.82) is 0 Å². The zero-order valence-corrected chi connectivity index (χ0v) is 9.60. The first-order valence-corrected chi connectivity index (χ1v) is 6.56. The van der Waals surface area contributed by atoms with Crippen LogP contribution in [0.1, 0.15) is 18.0 Å². The third-order valence-electron chi connectivity index (χ3n) is 1.91. The van der Waals surface area contributed by atoms with Crippen molar-refractivity contribution >= 4 is 35.7 Å². The highest BCUT2D eigenvalue weighted by Crippen LogP contribution is 2.40. The second-order valence-electron chi connectivity index (χ2n) is 2.83. The van der Waals surface area contributed by atoms with Crippen molar-refractivity contribution in [3.8, 4) is 0 Å². The highest BCUT2D eigenvalue weighted by atomic mass is 32.2. The Morgan fingerprint density at radius 2 is 2.31 bits per heavy atom. The number of rotatable bonds is 1. The van der Waals surface area contributed by atoms with Crippen molar-refractivity contribution in [2.75, 3.05) is 11.5 Å². The molecule has 6 heteroatoms. The van der Waals surface area contributed by atoms with Gasteiger partial charge in [0.25, 0.3) is 0 Å². The van der Waals surface area contributed by atoms with Crippen LogP contribution in [0.15, 0.2) is 4.52 Å². The van der Waals surface area contributed by atoms with E-state index in [9.17, 15) is 0 Å². The Labute approximate surface area is 90.0 Å². The minimum atomic E-state index is 0.304. The molecule has 2 rings (SSSR count). The van der Waals surface area contributed by atoms with Gasteiger partial charge in [0, 0.05) is 16.8 Å². The summed E-state index contributed by atoms with van der Waals surface area (Å²) in [6.07, 6.45) is 0. The summed E-state index contributed by atoms with van der Waals surface area (Å²) in [5, 5.41) is 3.76. The van der Waals surface area contributed by atoms with Gasteiger partial charge in [0.15, 0.2) is 5.82 Å². The van der Waals surface area contributed by atoms with Gasteiger partial charge in [-0.1, -0.05) is 6.92 Å². The average Bonchev–Trinajstić information content (AvgIpc) is 2.53. The Morgan fingerprint density at radius 1 is 1.54 bits per heavy atom. The van der Waals surface area contributed by atoms with Gasteiger partial charge in [0.05, 0.1) is 5.25 Å². The van der Waals surface area contributed by atoms with Gasteiger partial charge >= 0.3 is 4.84 Å². The fourth-order valence-corrected chi connectivity index (χ4v) is 4.14. The van der Waals surface area contributed by atoms with Crippen molar-refractivity contribution in [3.05, 3.63) is 10.7 Å². The van der Waals surface area contributed by atoms with E-state index in [1.807, 2.05) is 23.5 Å². The van der Waals surface area contributed by atoms with Crippen molar-refractivity contribution in [3.63, 3.8) is 0 Å². The molecule has 0 aliphatic carbocycles. The van der Waals surface area contributed by atoms with Gasteiger partial charge in [-0.15, -0.1) is 11.8 Å². The van der Waals surface area contributed by atoms with E-state index in [2.05, 4.69) is 17.1 Å². The normalized spacial score (nSPS) is 29.0. The quantitative estimate of drug-likeness (QED) is 0.757. The highest BCUT2D eigenvalue weighted by Gasteiger charge is 2.26. The van der Waals surface area contributed by atoms with E-state index in [0.29, 0.717) is 15.3 Å². The second kappa shape index (κ2) is 4.06. The van der Waals surface area contributed by atoms with Crippen LogP contribution in [0.25, 0.3) is 0 Å². The Kier molecular flexibility index (Phi) is 3.00. The van der Waals surface area contributed by atoms with Gasteiger partial charge in [-0.2, -0.15) is 16.7 Å². The molecule has 2 unspecified atom stereocenters. The van der Waals surface area contributed by atoms with Crippen LogP contribution in [0, 0.1) is 4.84 Å². The van der Waals surface area contributed by atoms with Gasteiger partial charge in [0.1, 0.15) is 0 Å². The molecule has 3 nitrogen and oxygen atoms in total. The molecular formula is C7H10N2OS3. The summed E-state index contributed by atoms with van der Waals surface area (Å²) in [7, 11) is 0. The zero-order valence-electron chi connectivity index (χ0n) is 7.15. The third kappa shape index (κ3) is 2.11. The van der Waals surface area contributed by atoms with Crippen LogP contribution in [-0.2, 0) is 0 Å². The van der Waals surface area contributed by atoms with Crippen LogP contribution < -0.4 is 0 Å². The number of hydrogen-bond acceptors (Lipinski definition) is 5. The van der Waals surface area contributed by atoms with Crippen molar-refractivity contribution in [1.82, 2.24) is 10.1 Å². The number of H-pyrrole nitrogens is 1. The monoisotopic (exact) mass is 234 g/mol. The standard InChI is InChI=1S/C7H10N2OS3/c1-4-5(13-3-2-12-4)6-8-7(11)10-9-6/h4-5H,2-3H2,1H3,(H,8,9,11). The van der Waals surface area contributed by atoms with Gasteiger partial charge < -0.3 is 4.52 Å². The number of aromatic amines is 1. The van der Waals surface area contributed by atoms with Crippen LogP contribution in [0.4, 0.5) is 0 Å². The van der Waals surface area contributed by atoms with Crippen LogP contribution in [0.5, 0.6) is 0 Å². The molecule has 0 bridgehead atoms. The van der Waals surface area contributed by atoms with Gasteiger partial charge in [-0.05, 0) is 12.2 Å². The fourth-order valence-electron chi connectivity index (χ4n) is 1.29. The van der Waals surface area contributed by atoms with Crippen LogP contribution in [0.3, 0.4) is 0 Å². The van der Waals surface area contributed by atoms with E-state index < -0.39 is 0 Å². The molecular weight excluding hydrogens is 224 g/mol. The molecule has 1 aromatic rings. The minimum absolute atomic E-state index is 0.304. The molecule has 1 N–H and O–H groups in total. The van der Waals surface area contributed by atoms with Gasteiger partial charge in [-0.25, -0.2) is 5.16 Å². The van der Waals surface area contributed by atoms with Crippen LogP contribution in [0.2, 0.25) is 0 Å². The first-order chi connectivity index (χ1) is 6.27. The number of hydrogen-bond donors (Lipinski definition) is 1. The lowest BCUT2D eigenvalue weighted by molar-refractivity contribution is 0.397. The molecule has 1 aliphatic rings. The lowest BCUT2D eigenvalue weighted by atomic mass is 10.3. The number of aromatic nitrogens is 2. The van der Waals surface area contributed by atoms with E-state index >= 15 is 0 Å². The van der Waals surface area contributed by atoms with Crippen molar-refractivity contribution in [2.24, 2.45) is 0 Å². The van der Waals surface area contributed by atoms with Crippen LogP contribution in [-0.4, -0.2) is 26.9 Å². The molecule has 2 heterocycles. The van der Waals surface area contributed by atoms with E-state index in [1.54, 1.807) is 0 Å². The molecule has 0 saturated carbocycles. The molecule has 0 radical (unpaired) electrons. The Morgan fingerprint density at radius 3 is 2.92 bits per heavy atom. The summed E-state index contributed by atoms with van der Waals surface area (Å²) in [5.41, 5.74) is 0. The molecule has 0 amide bonds. The minimum Gasteiger partial charge on any atom is -0.348 e. The predicted octanol–water partition coefficient (Wildman–Crippen LogP) is 2.64. The Hall–Kier alpha value is 0.0600. The maximum absolute atomic E-state index is 4.92. The predicted molar refractivity (Wildman–Crippen MR) is 58.8 cm³/mol. The lowest BCUT2D eigenvalue weighted by Gasteiger charge is -2.25. The first kappa shape index (κ1) is 9.61. The Bertz CT molecular complexity index is 334. The number of nitrogens with one attached hydrogen (secondary N) is 1. The van der Waals surface area contributed by atoms with E-state index in [4.69, 9.17) is 16.7 Å². The Balaban J connectivity index is 2.19. The maximum Gasteiger partial charge on any atom is 0.314 e. The molecule has 72 valence electrons.